The lowest BCUT2D eigenvalue weighted by Crippen LogP contribution is -2.40. The molecule has 0 heterocycles. The lowest BCUT2D eigenvalue weighted by molar-refractivity contribution is -0.119. The van der Waals surface area contributed by atoms with E-state index in [9.17, 15) is 13.2 Å². The summed E-state index contributed by atoms with van der Waals surface area (Å²) in [6.07, 6.45) is 2.73. The summed E-state index contributed by atoms with van der Waals surface area (Å²) in [6.45, 7) is 2.55. The molecule has 0 spiro atoms. The van der Waals surface area contributed by atoms with Gasteiger partial charge >= 0.3 is 0 Å². The summed E-state index contributed by atoms with van der Waals surface area (Å²) in [6, 6.07) is 16.7. The third-order valence-electron chi connectivity index (χ3n) is 3.91. The second-order valence-corrected chi connectivity index (χ2v) is 8.05. The van der Waals surface area contributed by atoms with E-state index in [-0.39, 0.29) is 12.5 Å². The number of amides is 1. The summed E-state index contributed by atoms with van der Waals surface area (Å²) in [5.41, 5.74) is 1.61. The second-order valence-electron chi connectivity index (χ2n) is 6.14. The fraction of sp³-hybridized carbons (Fsp3) is 0.350. The van der Waals surface area contributed by atoms with Crippen molar-refractivity contribution >= 4 is 21.6 Å². The van der Waals surface area contributed by atoms with Crippen LogP contribution in [0.1, 0.15) is 18.9 Å². The highest BCUT2D eigenvalue weighted by molar-refractivity contribution is 7.92. The number of aryl methyl sites for hydroxylation is 1. The summed E-state index contributed by atoms with van der Waals surface area (Å²) < 4.78 is 30.8. The number of benzene rings is 2. The molecular formula is C20H26N2O4S. The van der Waals surface area contributed by atoms with Crippen molar-refractivity contribution in [3.05, 3.63) is 60.2 Å². The maximum absolute atomic E-state index is 12.2. The number of rotatable bonds is 10. The minimum atomic E-state index is -3.60. The van der Waals surface area contributed by atoms with Crippen LogP contribution in [0, 0.1) is 0 Å². The SMILES string of the molecule is CCOc1cccc(N(CC(=O)NCCCc2ccccc2)S(C)(=O)=O)c1. The van der Waals surface area contributed by atoms with Crippen molar-refractivity contribution in [3.63, 3.8) is 0 Å². The number of carbonyl (C=O) groups excluding carboxylic acids is 1. The average molecular weight is 391 g/mol. The van der Waals surface area contributed by atoms with Crippen LogP contribution >= 0.6 is 0 Å². The molecule has 0 aliphatic heterocycles. The molecule has 1 N–H and O–H groups in total. The van der Waals surface area contributed by atoms with Gasteiger partial charge in [-0.15, -0.1) is 0 Å². The maximum atomic E-state index is 12.2. The fourth-order valence-corrected chi connectivity index (χ4v) is 3.49. The van der Waals surface area contributed by atoms with Crippen LogP contribution < -0.4 is 14.4 Å². The number of sulfonamides is 1. The van der Waals surface area contributed by atoms with E-state index in [2.05, 4.69) is 5.32 Å². The Hall–Kier alpha value is -2.54. The molecule has 0 aliphatic carbocycles. The number of ether oxygens (including phenoxy) is 1. The van der Waals surface area contributed by atoms with Gasteiger partial charge in [0.2, 0.25) is 15.9 Å². The molecule has 0 radical (unpaired) electrons. The van der Waals surface area contributed by atoms with Crippen LogP contribution in [0.3, 0.4) is 0 Å². The Labute approximate surface area is 161 Å². The highest BCUT2D eigenvalue weighted by atomic mass is 32.2. The minimum absolute atomic E-state index is 0.264. The van der Waals surface area contributed by atoms with E-state index in [1.54, 1.807) is 24.3 Å². The molecule has 146 valence electrons. The van der Waals surface area contributed by atoms with Crippen LogP contribution in [0.25, 0.3) is 0 Å². The van der Waals surface area contributed by atoms with Crippen LogP contribution in [-0.2, 0) is 21.2 Å². The van der Waals surface area contributed by atoms with E-state index >= 15 is 0 Å². The summed E-state index contributed by atoms with van der Waals surface area (Å²) in [7, 11) is -3.60. The molecule has 0 bridgehead atoms. The maximum Gasteiger partial charge on any atom is 0.240 e. The van der Waals surface area contributed by atoms with Crippen molar-refractivity contribution in [2.45, 2.75) is 19.8 Å². The van der Waals surface area contributed by atoms with Crippen LogP contribution in [0.5, 0.6) is 5.75 Å². The molecule has 27 heavy (non-hydrogen) atoms. The van der Waals surface area contributed by atoms with E-state index < -0.39 is 10.0 Å². The number of hydrogen-bond donors (Lipinski definition) is 1. The lowest BCUT2D eigenvalue weighted by Gasteiger charge is -2.22. The predicted octanol–water partition coefficient (Wildman–Crippen LogP) is 2.60. The van der Waals surface area contributed by atoms with Crippen LogP contribution in [0.4, 0.5) is 5.69 Å². The Morgan fingerprint density at radius 2 is 1.85 bits per heavy atom. The highest BCUT2D eigenvalue weighted by Gasteiger charge is 2.21. The normalized spacial score (nSPS) is 11.0. The molecule has 2 rings (SSSR count). The van der Waals surface area contributed by atoms with E-state index in [0.717, 1.165) is 23.4 Å². The first-order chi connectivity index (χ1) is 12.9. The largest absolute Gasteiger partial charge is 0.494 e. The Morgan fingerprint density at radius 1 is 1.11 bits per heavy atom. The Balaban J connectivity index is 1.93. The molecule has 0 aromatic heterocycles. The minimum Gasteiger partial charge on any atom is -0.494 e. The molecule has 2 aromatic carbocycles. The standard InChI is InChI=1S/C20H26N2O4S/c1-3-26-19-13-7-12-18(15-19)22(27(2,24)25)16-20(23)21-14-8-11-17-9-5-4-6-10-17/h4-7,9-10,12-13,15H,3,8,11,14,16H2,1-2H3,(H,21,23). The molecule has 0 saturated heterocycles. The summed E-state index contributed by atoms with van der Waals surface area (Å²) in [5.74, 6) is 0.224. The van der Waals surface area contributed by atoms with Crippen LogP contribution in [0.15, 0.2) is 54.6 Å². The number of carbonyl (C=O) groups is 1. The first kappa shape index (κ1) is 20.8. The predicted molar refractivity (Wildman–Crippen MR) is 108 cm³/mol. The zero-order valence-corrected chi connectivity index (χ0v) is 16.5. The first-order valence-corrected chi connectivity index (χ1v) is 10.8. The molecule has 2 aromatic rings. The lowest BCUT2D eigenvalue weighted by atomic mass is 10.1. The van der Waals surface area contributed by atoms with Gasteiger partial charge in [-0.3, -0.25) is 9.10 Å². The van der Waals surface area contributed by atoms with Crippen LogP contribution in [0.2, 0.25) is 0 Å². The molecule has 0 atom stereocenters. The van der Waals surface area contributed by atoms with E-state index in [0.29, 0.717) is 24.6 Å². The van der Waals surface area contributed by atoms with Gasteiger partial charge in [0, 0.05) is 12.6 Å². The van der Waals surface area contributed by atoms with E-state index in [1.165, 1.54) is 5.56 Å². The second kappa shape index (κ2) is 9.97. The highest BCUT2D eigenvalue weighted by Crippen LogP contribution is 2.23. The van der Waals surface area contributed by atoms with Crippen molar-refractivity contribution in [3.8, 4) is 5.75 Å². The molecule has 0 unspecified atom stereocenters. The van der Waals surface area contributed by atoms with Gasteiger partial charge in [-0.1, -0.05) is 36.4 Å². The van der Waals surface area contributed by atoms with Crippen molar-refractivity contribution in [1.29, 1.82) is 0 Å². The van der Waals surface area contributed by atoms with Gasteiger partial charge in [-0.25, -0.2) is 8.42 Å². The van der Waals surface area contributed by atoms with Gasteiger partial charge in [-0.2, -0.15) is 0 Å². The van der Waals surface area contributed by atoms with Crippen LogP contribution in [-0.4, -0.2) is 40.3 Å². The first-order valence-electron chi connectivity index (χ1n) is 8.91. The van der Waals surface area contributed by atoms with Gasteiger partial charge in [0.1, 0.15) is 12.3 Å². The van der Waals surface area contributed by atoms with Gasteiger partial charge in [-0.05, 0) is 37.5 Å². The molecule has 7 heteroatoms. The Bertz CT molecular complexity index is 838. The number of nitrogens with zero attached hydrogens (tertiary/aromatic N) is 1. The molecular weight excluding hydrogens is 364 g/mol. The molecule has 1 amide bonds. The smallest absolute Gasteiger partial charge is 0.240 e. The number of nitrogens with one attached hydrogen (secondary N) is 1. The summed E-state index contributed by atoms with van der Waals surface area (Å²) >= 11 is 0. The summed E-state index contributed by atoms with van der Waals surface area (Å²) in [4.78, 5) is 12.2. The molecule has 0 aliphatic rings. The zero-order chi connectivity index (χ0) is 19.7. The van der Waals surface area contributed by atoms with Crippen molar-refractivity contribution < 1.29 is 17.9 Å². The van der Waals surface area contributed by atoms with E-state index in [4.69, 9.17) is 4.74 Å². The monoisotopic (exact) mass is 390 g/mol. The van der Waals surface area contributed by atoms with Crippen molar-refractivity contribution in [2.24, 2.45) is 0 Å². The average Bonchev–Trinajstić information content (AvgIpc) is 2.64. The number of anilines is 1. The molecule has 0 saturated carbocycles. The summed E-state index contributed by atoms with van der Waals surface area (Å²) in [5, 5.41) is 2.79. The fourth-order valence-electron chi connectivity index (χ4n) is 2.65. The van der Waals surface area contributed by atoms with Gasteiger partial charge < -0.3 is 10.1 Å². The van der Waals surface area contributed by atoms with Gasteiger partial charge in [0.25, 0.3) is 0 Å². The topological polar surface area (TPSA) is 75.7 Å². The molecule has 6 nitrogen and oxygen atoms in total. The van der Waals surface area contributed by atoms with Crippen molar-refractivity contribution in [2.75, 3.05) is 30.3 Å². The zero-order valence-electron chi connectivity index (χ0n) is 15.7. The van der Waals surface area contributed by atoms with Gasteiger partial charge in [0.05, 0.1) is 18.6 Å². The quantitative estimate of drug-likeness (QED) is 0.633. The Kier molecular flexibility index (Phi) is 7.67. The van der Waals surface area contributed by atoms with Gasteiger partial charge in [0.15, 0.2) is 0 Å². The Morgan fingerprint density at radius 3 is 2.52 bits per heavy atom. The molecule has 0 fully saturated rings. The third kappa shape index (κ3) is 6.94. The van der Waals surface area contributed by atoms with E-state index in [1.807, 2.05) is 37.3 Å². The van der Waals surface area contributed by atoms with Crippen molar-refractivity contribution in [1.82, 2.24) is 5.32 Å². The third-order valence-corrected chi connectivity index (χ3v) is 5.05. The number of hydrogen-bond acceptors (Lipinski definition) is 4.